The fourth-order valence-corrected chi connectivity index (χ4v) is 4.07. The normalized spacial score (nSPS) is 13.6. The van der Waals surface area contributed by atoms with Crippen LogP contribution in [-0.4, -0.2) is 29.7 Å². The largest absolute Gasteiger partial charge is 0.480 e. The molecule has 1 N–H and O–H groups in total. The molecule has 1 aromatic heterocycles. The molecule has 0 aliphatic carbocycles. The Balaban J connectivity index is 2.90. The standard InChI is InChI=1S/C9H13NO4S2/c1-3-7(9(11)12)16(13,14)5-8-10-6(2)4-15-8/h4,7H,3,5H2,1-2H3,(H,11,12). The van der Waals surface area contributed by atoms with E-state index >= 15 is 0 Å². The summed E-state index contributed by atoms with van der Waals surface area (Å²) >= 11 is 1.23. The van der Waals surface area contributed by atoms with E-state index in [1.54, 1.807) is 19.2 Å². The van der Waals surface area contributed by atoms with Crippen LogP contribution in [-0.2, 0) is 20.4 Å². The van der Waals surface area contributed by atoms with Crippen LogP contribution in [0.3, 0.4) is 0 Å². The molecule has 0 spiro atoms. The van der Waals surface area contributed by atoms with E-state index in [0.29, 0.717) is 5.01 Å². The molecule has 0 radical (unpaired) electrons. The number of thiazole rings is 1. The number of carbonyl (C=O) groups is 1. The van der Waals surface area contributed by atoms with Crippen molar-refractivity contribution in [1.29, 1.82) is 0 Å². The fourth-order valence-electron chi connectivity index (χ4n) is 1.32. The highest BCUT2D eigenvalue weighted by atomic mass is 32.2. The second-order valence-corrected chi connectivity index (χ2v) is 6.55. The van der Waals surface area contributed by atoms with E-state index in [1.165, 1.54) is 11.3 Å². The molecule has 1 rings (SSSR count). The maximum absolute atomic E-state index is 11.8. The van der Waals surface area contributed by atoms with Crippen LogP contribution in [0.1, 0.15) is 24.0 Å². The predicted molar refractivity (Wildman–Crippen MR) is 61.2 cm³/mol. The number of hydrogen-bond acceptors (Lipinski definition) is 5. The Labute approximate surface area is 98.1 Å². The molecule has 0 aliphatic heterocycles. The SMILES string of the molecule is CCC(C(=O)O)S(=O)(=O)Cc1nc(C)cs1. The summed E-state index contributed by atoms with van der Waals surface area (Å²) in [5.41, 5.74) is 0.749. The summed E-state index contributed by atoms with van der Waals surface area (Å²) in [4.78, 5) is 14.8. The number of hydrogen-bond donors (Lipinski definition) is 1. The molecular weight excluding hydrogens is 250 g/mol. The number of nitrogens with zero attached hydrogens (tertiary/aromatic N) is 1. The number of aromatic nitrogens is 1. The molecule has 7 heteroatoms. The quantitative estimate of drug-likeness (QED) is 0.863. The summed E-state index contributed by atoms with van der Waals surface area (Å²) in [6, 6.07) is 0. The second-order valence-electron chi connectivity index (χ2n) is 3.42. The maximum atomic E-state index is 11.8. The van der Waals surface area contributed by atoms with Gasteiger partial charge in [0.15, 0.2) is 15.1 Å². The number of carboxylic acid groups (broad SMARTS) is 1. The van der Waals surface area contributed by atoms with E-state index in [1.807, 2.05) is 0 Å². The molecular formula is C9H13NO4S2. The Hall–Kier alpha value is -0.950. The van der Waals surface area contributed by atoms with Crippen LogP contribution in [0.5, 0.6) is 0 Å². The van der Waals surface area contributed by atoms with Gasteiger partial charge in [-0.3, -0.25) is 4.79 Å². The molecule has 1 aromatic rings. The first kappa shape index (κ1) is 13.1. The van der Waals surface area contributed by atoms with E-state index in [2.05, 4.69) is 4.98 Å². The molecule has 1 atom stereocenters. The lowest BCUT2D eigenvalue weighted by molar-refractivity contribution is -0.136. The Bertz CT molecular complexity index is 477. The number of rotatable bonds is 5. The van der Waals surface area contributed by atoms with Crippen molar-refractivity contribution in [1.82, 2.24) is 4.98 Å². The topological polar surface area (TPSA) is 84.3 Å². The molecule has 0 bridgehead atoms. The van der Waals surface area contributed by atoms with Gasteiger partial charge in [0, 0.05) is 11.1 Å². The Morgan fingerprint density at radius 1 is 1.62 bits per heavy atom. The van der Waals surface area contributed by atoms with Gasteiger partial charge in [-0.05, 0) is 13.3 Å². The molecule has 90 valence electrons. The lowest BCUT2D eigenvalue weighted by Gasteiger charge is -2.09. The minimum atomic E-state index is -3.66. The lowest BCUT2D eigenvalue weighted by Crippen LogP contribution is -2.30. The van der Waals surface area contributed by atoms with Crippen molar-refractivity contribution in [2.24, 2.45) is 0 Å². The van der Waals surface area contributed by atoms with Crippen molar-refractivity contribution in [3.05, 3.63) is 16.1 Å². The van der Waals surface area contributed by atoms with Gasteiger partial charge in [-0.25, -0.2) is 13.4 Å². The van der Waals surface area contributed by atoms with Crippen molar-refractivity contribution in [2.75, 3.05) is 0 Å². The van der Waals surface area contributed by atoms with Crippen LogP contribution in [0.25, 0.3) is 0 Å². The lowest BCUT2D eigenvalue weighted by atomic mass is 10.3. The summed E-state index contributed by atoms with van der Waals surface area (Å²) in [5.74, 6) is -1.59. The zero-order chi connectivity index (χ0) is 12.3. The van der Waals surface area contributed by atoms with Crippen LogP contribution in [0.4, 0.5) is 0 Å². The van der Waals surface area contributed by atoms with Gasteiger partial charge in [-0.2, -0.15) is 0 Å². The second kappa shape index (κ2) is 4.92. The van der Waals surface area contributed by atoms with E-state index in [9.17, 15) is 13.2 Å². The van der Waals surface area contributed by atoms with Gasteiger partial charge in [0.25, 0.3) is 0 Å². The van der Waals surface area contributed by atoms with Gasteiger partial charge in [-0.1, -0.05) is 6.92 Å². The number of aliphatic carboxylic acids is 1. The molecule has 0 saturated heterocycles. The van der Waals surface area contributed by atoms with Crippen LogP contribution in [0, 0.1) is 6.92 Å². The van der Waals surface area contributed by atoms with Gasteiger partial charge < -0.3 is 5.11 Å². The molecule has 1 heterocycles. The highest BCUT2D eigenvalue weighted by Gasteiger charge is 2.31. The molecule has 0 aromatic carbocycles. The Kier molecular flexibility index (Phi) is 4.03. The van der Waals surface area contributed by atoms with Crippen molar-refractivity contribution >= 4 is 27.1 Å². The third-order valence-corrected chi connectivity index (χ3v) is 5.30. The van der Waals surface area contributed by atoms with Crippen molar-refractivity contribution < 1.29 is 18.3 Å². The maximum Gasteiger partial charge on any atom is 0.321 e. The van der Waals surface area contributed by atoms with Gasteiger partial charge in [0.1, 0.15) is 10.8 Å². The van der Waals surface area contributed by atoms with Crippen LogP contribution >= 0.6 is 11.3 Å². The number of sulfone groups is 1. The molecule has 16 heavy (non-hydrogen) atoms. The summed E-state index contributed by atoms with van der Waals surface area (Å²) in [6.07, 6.45) is 0.0715. The predicted octanol–water partition coefficient (Wildman–Crippen LogP) is 1.23. The average Bonchev–Trinajstić information content (AvgIpc) is 2.49. The van der Waals surface area contributed by atoms with Crippen molar-refractivity contribution in [3.8, 4) is 0 Å². The van der Waals surface area contributed by atoms with Gasteiger partial charge in [0.05, 0.1) is 0 Å². The van der Waals surface area contributed by atoms with E-state index in [-0.39, 0.29) is 12.2 Å². The fraction of sp³-hybridized carbons (Fsp3) is 0.556. The van der Waals surface area contributed by atoms with Crippen molar-refractivity contribution in [2.45, 2.75) is 31.3 Å². The summed E-state index contributed by atoms with van der Waals surface area (Å²) in [7, 11) is -3.66. The Morgan fingerprint density at radius 3 is 2.62 bits per heavy atom. The van der Waals surface area contributed by atoms with Gasteiger partial charge in [0.2, 0.25) is 0 Å². The zero-order valence-electron chi connectivity index (χ0n) is 9.00. The number of carboxylic acids is 1. The first-order chi connectivity index (χ1) is 7.36. The van der Waals surface area contributed by atoms with Crippen molar-refractivity contribution in [3.63, 3.8) is 0 Å². The van der Waals surface area contributed by atoms with Crippen LogP contribution in [0.15, 0.2) is 5.38 Å². The molecule has 0 saturated carbocycles. The monoisotopic (exact) mass is 263 g/mol. The summed E-state index contributed by atoms with van der Waals surface area (Å²) < 4.78 is 23.5. The third kappa shape index (κ3) is 3.02. The Morgan fingerprint density at radius 2 is 2.25 bits per heavy atom. The molecule has 0 fully saturated rings. The van der Waals surface area contributed by atoms with Crippen LogP contribution < -0.4 is 0 Å². The highest BCUT2D eigenvalue weighted by Crippen LogP contribution is 2.17. The van der Waals surface area contributed by atoms with E-state index < -0.39 is 21.1 Å². The molecule has 0 aliphatic rings. The summed E-state index contributed by atoms with van der Waals surface area (Å²) in [6.45, 7) is 3.31. The third-order valence-electron chi connectivity index (χ3n) is 2.07. The minimum Gasteiger partial charge on any atom is -0.480 e. The first-order valence-corrected chi connectivity index (χ1v) is 7.31. The summed E-state index contributed by atoms with van der Waals surface area (Å²) in [5, 5.41) is 9.64. The van der Waals surface area contributed by atoms with E-state index in [4.69, 9.17) is 5.11 Å². The number of aryl methyl sites for hydroxylation is 1. The van der Waals surface area contributed by atoms with E-state index in [0.717, 1.165) is 5.69 Å². The molecule has 1 unspecified atom stereocenters. The minimum absolute atomic E-state index is 0.0715. The highest BCUT2D eigenvalue weighted by molar-refractivity contribution is 7.92. The first-order valence-electron chi connectivity index (χ1n) is 4.72. The smallest absolute Gasteiger partial charge is 0.321 e. The van der Waals surface area contributed by atoms with Gasteiger partial charge in [-0.15, -0.1) is 11.3 Å². The molecule has 0 amide bonds. The molecule has 5 nitrogen and oxygen atoms in total. The van der Waals surface area contributed by atoms with Gasteiger partial charge >= 0.3 is 5.97 Å². The van der Waals surface area contributed by atoms with Crippen LogP contribution in [0.2, 0.25) is 0 Å². The average molecular weight is 263 g/mol. The zero-order valence-corrected chi connectivity index (χ0v) is 10.6.